The monoisotopic (exact) mass is 364 g/mol. The first-order valence-electron chi connectivity index (χ1n) is 8.63. The predicted molar refractivity (Wildman–Crippen MR) is 104 cm³/mol. The molecule has 0 atom stereocenters. The zero-order chi connectivity index (χ0) is 19.4. The molecule has 0 spiro atoms. The van der Waals surface area contributed by atoms with Crippen LogP contribution >= 0.6 is 0 Å². The van der Waals surface area contributed by atoms with E-state index >= 15 is 0 Å². The molecule has 5 nitrogen and oxygen atoms in total. The second-order valence-corrected chi connectivity index (χ2v) is 6.47. The molecule has 1 aromatic heterocycles. The van der Waals surface area contributed by atoms with E-state index in [0.717, 1.165) is 22.4 Å². The Morgan fingerprint density at radius 2 is 1.70 bits per heavy atom. The average Bonchev–Trinajstić information content (AvgIpc) is 2.64. The van der Waals surface area contributed by atoms with Crippen LogP contribution in [0.3, 0.4) is 0 Å². The molecule has 0 saturated heterocycles. The molecule has 6 heteroatoms. The van der Waals surface area contributed by atoms with Crippen molar-refractivity contribution in [2.45, 2.75) is 27.3 Å². The standard InChI is InChI=1S/C21H21FN4O/c1-13-10-14(2)19(15(3)11-13)26-21-23-9-8-18(25-21)20(27)24-12-16-4-6-17(22)7-5-16/h4-11H,12H2,1-3H3,(H,24,27)(H,23,25,26). The van der Waals surface area contributed by atoms with E-state index in [1.54, 1.807) is 24.4 Å². The van der Waals surface area contributed by atoms with Crippen LogP contribution in [0.4, 0.5) is 16.0 Å². The van der Waals surface area contributed by atoms with Crippen LogP contribution in [0.5, 0.6) is 0 Å². The van der Waals surface area contributed by atoms with Gasteiger partial charge in [0.1, 0.15) is 11.5 Å². The van der Waals surface area contributed by atoms with Crippen LogP contribution in [0.15, 0.2) is 48.7 Å². The van der Waals surface area contributed by atoms with Crippen LogP contribution in [0.2, 0.25) is 0 Å². The van der Waals surface area contributed by atoms with Gasteiger partial charge in [-0.05, 0) is 55.7 Å². The van der Waals surface area contributed by atoms with Crippen LogP contribution in [0, 0.1) is 26.6 Å². The van der Waals surface area contributed by atoms with Gasteiger partial charge in [0, 0.05) is 18.4 Å². The number of aromatic nitrogens is 2. The van der Waals surface area contributed by atoms with Gasteiger partial charge in [-0.15, -0.1) is 0 Å². The van der Waals surface area contributed by atoms with E-state index in [2.05, 4.69) is 32.7 Å². The van der Waals surface area contributed by atoms with Gasteiger partial charge >= 0.3 is 0 Å². The minimum atomic E-state index is -0.317. The molecule has 138 valence electrons. The van der Waals surface area contributed by atoms with Crippen LogP contribution in [0.1, 0.15) is 32.7 Å². The van der Waals surface area contributed by atoms with Crippen molar-refractivity contribution in [3.63, 3.8) is 0 Å². The summed E-state index contributed by atoms with van der Waals surface area (Å²) in [6.45, 7) is 6.37. The van der Waals surface area contributed by atoms with Gasteiger partial charge in [-0.1, -0.05) is 29.8 Å². The summed E-state index contributed by atoms with van der Waals surface area (Å²) in [5.74, 6) is -0.264. The highest BCUT2D eigenvalue weighted by Gasteiger charge is 2.11. The summed E-state index contributed by atoms with van der Waals surface area (Å²) in [6.07, 6.45) is 1.54. The number of amides is 1. The molecule has 0 bridgehead atoms. The van der Waals surface area contributed by atoms with Gasteiger partial charge in [0.25, 0.3) is 5.91 Å². The summed E-state index contributed by atoms with van der Waals surface area (Å²) in [4.78, 5) is 20.9. The lowest BCUT2D eigenvalue weighted by molar-refractivity contribution is 0.0946. The molecule has 0 saturated carbocycles. The fourth-order valence-electron chi connectivity index (χ4n) is 2.91. The largest absolute Gasteiger partial charge is 0.347 e. The van der Waals surface area contributed by atoms with Gasteiger partial charge in [-0.25, -0.2) is 14.4 Å². The minimum absolute atomic E-state index is 0.261. The van der Waals surface area contributed by atoms with E-state index in [1.165, 1.54) is 17.7 Å². The third-order valence-electron chi connectivity index (χ3n) is 4.17. The number of nitrogens with zero attached hydrogens (tertiary/aromatic N) is 2. The molecule has 0 unspecified atom stereocenters. The molecule has 0 aliphatic carbocycles. The Morgan fingerprint density at radius 1 is 1.04 bits per heavy atom. The quantitative estimate of drug-likeness (QED) is 0.711. The lowest BCUT2D eigenvalue weighted by Gasteiger charge is -2.13. The van der Waals surface area contributed by atoms with Crippen molar-refractivity contribution in [2.24, 2.45) is 0 Å². The van der Waals surface area contributed by atoms with Gasteiger partial charge in [0.15, 0.2) is 0 Å². The zero-order valence-corrected chi connectivity index (χ0v) is 15.5. The van der Waals surface area contributed by atoms with Crippen molar-refractivity contribution in [1.29, 1.82) is 0 Å². The van der Waals surface area contributed by atoms with Gasteiger partial charge < -0.3 is 10.6 Å². The van der Waals surface area contributed by atoms with Crippen LogP contribution in [-0.2, 0) is 6.54 Å². The van der Waals surface area contributed by atoms with Crippen molar-refractivity contribution in [2.75, 3.05) is 5.32 Å². The summed E-state index contributed by atoms with van der Waals surface area (Å²) in [6, 6.07) is 11.7. The average molecular weight is 364 g/mol. The van der Waals surface area contributed by atoms with E-state index in [9.17, 15) is 9.18 Å². The number of nitrogens with one attached hydrogen (secondary N) is 2. The van der Waals surface area contributed by atoms with Gasteiger partial charge in [-0.2, -0.15) is 0 Å². The topological polar surface area (TPSA) is 66.9 Å². The molecule has 0 fully saturated rings. The fraction of sp³-hybridized carbons (Fsp3) is 0.190. The van der Waals surface area contributed by atoms with Crippen molar-refractivity contribution in [3.8, 4) is 0 Å². The number of hydrogen-bond acceptors (Lipinski definition) is 4. The molecule has 0 aliphatic rings. The molecule has 3 rings (SSSR count). The van der Waals surface area contributed by atoms with Gasteiger partial charge in [-0.3, -0.25) is 4.79 Å². The third kappa shape index (κ3) is 4.67. The van der Waals surface area contributed by atoms with E-state index < -0.39 is 0 Å². The number of hydrogen-bond donors (Lipinski definition) is 2. The smallest absolute Gasteiger partial charge is 0.270 e. The minimum Gasteiger partial charge on any atom is -0.347 e. The molecule has 2 N–H and O–H groups in total. The first-order chi connectivity index (χ1) is 12.9. The molecular weight excluding hydrogens is 343 g/mol. The first kappa shape index (κ1) is 18.5. The van der Waals surface area contributed by atoms with Crippen LogP contribution < -0.4 is 10.6 Å². The molecular formula is C21H21FN4O. The Bertz CT molecular complexity index is 947. The highest BCUT2D eigenvalue weighted by atomic mass is 19.1. The Hall–Kier alpha value is -3.28. The Kier molecular flexibility index (Phi) is 5.45. The Balaban J connectivity index is 1.71. The molecule has 1 heterocycles. The van der Waals surface area contributed by atoms with Crippen LogP contribution in [0.25, 0.3) is 0 Å². The summed E-state index contributed by atoms with van der Waals surface area (Å²) in [7, 11) is 0. The maximum Gasteiger partial charge on any atom is 0.270 e. The normalized spacial score (nSPS) is 10.5. The molecule has 3 aromatic rings. The van der Waals surface area contributed by atoms with Crippen molar-refractivity contribution >= 4 is 17.5 Å². The van der Waals surface area contributed by atoms with E-state index in [-0.39, 0.29) is 17.4 Å². The zero-order valence-electron chi connectivity index (χ0n) is 15.5. The van der Waals surface area contributed by atoms with Gasteiger partial charge in [0.05, 0.1) is 0 Å². The highest BCUT2D eigenvalue weighted by molar-refractivity contribution is 5.92. The summed E-state index contributed by atoms with van der Waals surface area (Å²) >= 11 is 0. The third-order valence-corrected chi connectivity index (χ3v) is 4.17. The SMILES string of the molecule is Cc1cc(C)c(Nc2nccc(C(=O)NCc3ccc(F)cc3)n2)c(C)c1. The first-order valence-corrected chi connectivity index (χ1v) is 8.63. The van der Waals surface area contributed by atoms with E-state index in [4.69, 9.17) is 0 Å². The van der Waals surface area contributed by atoms with E-state index in [1.807, 2.05) is 20.8 Å². The number of carbonyl (C=O) groups excluding carboxylic acids is 1. The summed E-state index contributed by atoms with van der Waals surface area (Å²) in [5.41, 5.74) is 5.36. The second kappa shape index (κ2) is 7.95. The second-order valence-electron chi connectivity index (χ2n) is 6.47. The fourth-order valence-corrected chi connectivity index (χ4v) is 2.91. The van der Waals surface area contributed by atoms with Gasteiger partial charge in [0.2, 0.25) is 5.95 Å². The lowest BCUT2D eigenvalue weighted by Crippen LogP contribution is -2.24. The summed E-state index contributed by atoms with van der Waals surface area (Å²) in [5, 5.41) is 5.98. The number of carbonyl (C=O) groups is 1. The molecule has 2 aromatic carbocycles. The Labute approximate surface area is 157 Å². The summed E-state index contributed by atoms with van der Waals surface area (Å²) < 4.78 is 12.9. The predicted octanol–water partition coefficient (Wildman–Crippen LogP) is 4.21. The van der Waals surface area contributed by atoms with Crippen molar-refractivity contribution in [3.05, 3.63) is 82.4 Å². The Morgan fingerprint density at radius 3 is 2.37 bits per heavy atom. The van der Waals surface area contributed by atoms with Crippen molar-refractivity contribution < 1.29 is 9.18 Å². The van der Waals surface area contributed by atoms with Crippen LogP contribution in [-0.4, -0.2) is 15.9 Å². The number of rotatable bonds is 5. The number of benzene rings is 2. The maximum atomic E-state index is 12.9. The van der Waals surface area contributed by atoms with E-state index in [0.29, 0.717) is 12.5 Å². The van der Waals surface area contributed by atoms with Crippen molar-refractivity contribution in [1.82, 2.24) is 15.3 Å². The highest BCUT2D eigenvalue weighted by Crippen LogP contribution is 2.24. The molecule has 0 radical (unpaired) electrons. The number of aryl methyl sites for hydroxylation is 3. The molecule has 0 aliphatic heterocycles. The lowest BCUT2D eigenvalue weighted by atomic mass is 10.1. The number of halogens is 1. The molecule has 27 heavy (non-hydrogen) atoms. The molecule has 1 amide bonds. The maximum absolute atomic E-state index is 12.9. The number of anilines is 2.